The molecule has 0 aromatic heterocycles. The molecule has 0 unspecified atom stereocenters. The van der Waals surface area contributed by atoms with Gasteiger partial charge in [-0.15, -0.1) is 0 Å². The molecular weight excluding hydrogens is 496 g/mol. The van der Waals surface area contributed by atoms with Gasteiger partial charge in [0, 0.05) is 0 Å². The number of carbonyl (C=O) groups excluding carboxylic acids is 4. The second-order valence-corrected chi connectivity index (χ2v) is 13.7. The fourth-order valence-corrected chi connectivity index (χ4v) is 2.54. The second kappa shape index (κ2) is 12.2. The molecule has 0 spiro atoms. The molecule has 0 radical (unpaired) electrons. The Balaban J connectivity index is 6.82. The van der Waals surface area contributed by atoms with Crippen LogP contribution in [0.5, 0.6) is 0 Å². The number of hydrogen-bond donors (Lipinski definition) is 0. The molecule has 0 heterocycles. The number of rotatable bonds is 7. The van der Waals surface area contributed by atoms with E-state index in [0.717, 1.165) is 6.08 Å². The van der Waals surface area contributed by atoms with Crippen LogP contribution in [-0.4, -0.2) is 46.3 Å². The van der Waals surface area contributed by atoms with Gasteiger partial charge in [0.1, 0.15) is 22.4 Å². The summed E-state index contributed by atoms with van der Waals surface area (Å²) >= 11 is 0. The maximum Gasteiger partial charge on any atom is 0.380 e. The van der Waals surface area contributed by atoms with E-state index in [4.69, 9.17) is 28.7 Å². The van der Waals surface area contributed by atoms with Crippen molar-refractivity contribution in [2.75, 3.05) is 0 Å². The molecule has 0 rings (SSSR count). The lowest BCUT2D eigenvalue weighted by molar-refractivity contribution is -0.241. The minimum absolute atomic E-state index is 0.206. The third-order valence-electron chi connectivity index (χ3n) is 3.63. The van der Waals surface area contributed by atoms with Gasteiger partial charge in [0.2, 0.25) is 0 Å². The van der Waals surface area contributed by atoms with Crippen LogP contribution < -0.4 is 0 Å². The maximum absolute atomic E-state index is 13.2. The molecule has 0 fully saturated rings. The van der Waals surface area contributed by atoms with Gasteiger partial charge in [0.25, 0.3) is 11.5 Å². The zero-order chi connectivity index (χ0) is 30.5. The van der Waals surface area contributed by atoms with Crippen LogP contribution >= 0.6 is 0 Å². The van der Waals surface area contributed by atoms with E-state index in [0.29, 0.717) is 0 Å². The highest BCUT2D eigenvalue weighted by atomic mass is 17.2. The van der Waals surface area contributed by atoms with E-state index in [1.165, 1.54) is 0 Å². The molecule has 0 saturated heterocycles. The molecule has 0 aromatic rings. The van der Waals surface area contributed by atoms with Gasteiger partial charge >= 0.3 is 23.9 Å². The van der Waals surface area contributed by atoms with Gasteiger partial charge in [-0.2, -0.15) is 0 Å². The second-order valence-electron chi connectivity index (χ2n) is 13.7. The zero-order valence-electron chi connectivity index (χ0n) is 25.7. The van der Waals surface area contributed by atoms with Crippen molar-refractivity contribution in [3.8, 4) is 0 Å². The smallest absolute Gasteiger partial charge is 0.380 e. The van der Waals surface area contributed by atoms with Crippen molar-refractivity contribution in [3.05, 3.63) is 23.2 Å². The minimum Gasteiger partial charge on any atom is -0.457 e. The van der Waals surface area contributed by atoms with Crippen molar-refractivity contribution in [1.82, 2.24) is 0 Å². The van der Waals surface area contributed by atoms with E-state index in [2.05, 4.69) is 0 Å². The summed E-state index contributed by atoms with van der Waals surface area (Å²) in [6.07, 6.45) is 0.732. The molecule has 0 aromatic carbocycles. The number of ether oxygens (including phenoxy) is 4. The highest BCUT2D eigenvalue weighted by Gasteiger charge is 2.39. The molecule has 10 nitrogen and oxygen atoms in total. The van der Waals surface area contributed by atoms with E-state index < -0.39 is 63.2 Å². The maximum atomic E-state index is 13.2. The molecule has 0 N–H and O–H groups in total. The summed E-state index contributed by atoms with van der Waals surface area (Å²) in [4.78, 5) is 62.2. The lowest BCUT2D eigenvalue weighted by Gasteiger charge is -2.28. The van der Waals surface area contributed by atoms with E-state index in [9.17, 15) is 19.2 Å². The van der Waals surface area contributed by atoms with Crippen LogP contribution in [0.4, 0.5) is 0 Å². The van der Waals surface area contributed by atoms with E-state index in [1.807, 2.05) is 0 Å². The average Bonchev–Trinajstić information content (AvgIpc) is 2.56. The minimum atomic E-state index is -1.07. The van der Waals surface area contributed by atoms with Crippen molar-refractivity contribution in [2.45, 2.75) is 126 Å². The summed E-state index contributed by atoms with van der Waals surface area (Å²) in [7, 11) is 0. The molecule has 0 amide bonds. The SMILES string of the molecule is CC(C)(C)OC(=O)/C=C(/OO/C(C(=O)OC(C)(C)C)=C(/C(=O)OC(C)(C)C)C(C)(C)C)C(=O)OC(C)(C)C. The molecule has 0 aliphatic rings. The van der Waals surface area contributed by atoms with Crippen LogP contribution in [0.1, 0.15) is 104 Å². The Labute approximate surface area is 226 Å². The fraction of sp³-hybridized carbons (Fsp3) is 0.714. The summed E-state index contributed by atoms with van der Waals surface area (Å²) in [6.45, 7) is 24.6. The van der Waals surface area contributed by atoms with Gasteiger partial charge in [0.15, 0.2) is 0 Å². The summed E-state index contributed by atoms with van der Waals surface area (Å²) in [5.41, 5.74) is -4.90. The van der Waals surface area contributed by atoms with E-state index in [1.54, 1.807) is 104 Å². The molecule has 0 aliphatic heterocycles. The van der Waals surface area contributed by atoms with Crippen LogP contribution in [0.2, 0.25) is 0 Å². The first-order valence-corrected chi connectivity index (χ1v) is 12.4. The first kappa shape index (κ1) is 35.0. The molecule has 10 heteroatoms. The monoisotopic (exact) mass is 542 g/mol. The van der Waals surface area contributed by atoms with Gasteiger partial charge in [-0.05, 0) is 88.5 Å². The standard InChI is InChI=1S/C28H46O10/c1-24(2,3)19(22(31)35-27(10,11)12)20(23(32)36-28(13,14)15)38-37-17(21(30)34-26(7,8)9)16-18(29)33-25(4,5)6/h16H,1-15H3/b17-16+,20-19-. The van der Waals surface area contributed by atoms with Gasteiger partial charge in [-0.1, -0.05) is 20.8 Å². The van der Waals surface area contributed by atoms with Gasteiger partial charge in [0.05, 0.1) is 11.6 Å². The van der Waals surface area contributed by atoms with Crippen LogP contribution in [-0.2, 0) is 47.9 Å². The van der Waals surface area contributed by atoms with Crippen molar-refractivity contribution in [3.63, 3.8) is 0 Å². The molecule has 0 saturated carbocycles. The predicted molar refractivity (Wildman–Crippen MR) is 140 cm³/mol. The molecule has 38 heavy (non-hydrogen) atoms. The molecular formula is C28H46O10. The summed E-state index contributed by atoms with van der Waals surface area (Å²) < 4.78 is 21.5. The van der Waals surface area contributed by atoms with Crippen molar-refractivity contribution in [1.29, 1.82) is 0 Å². The van der Waals surface area contributed by atoms with E-state index in [-0.39, 0.29) is 5.57 Å². The highest BCUT2D eigenvalue weighted by molar-refractivity contribution is 6.00. The Morgan fingerprint density at radius 1 is 0.474 bits per heavy atom. The third kappa shape index (κ3) is 14.6. The summed E-state index contributed by atoms with van der Waals surface area (Å²) in [6, 6.07) is 0. The molecule has 0 aliphatic carbocycles. The van der Waals surface area contributed by atoms with Crippen molar-refractivity contribution in [2.24, 2.45) is 5.41 Å². The Bertz CT molecular complexity index is 950. The quantitative estimate of drug-likeness (QED) is 0.102. The first-order chi connectivity index (χ1) is 16.6. The summed E-state index contributed by atoms with van der Waals surface area (Å²) in [5, 5.41) is 0. The van der Waals surface area contributed by atoms with Crippen LogP contribution in [0, 0.1) is 5.41 Å². The fourth-order valence-electron chi connectivity index (χ4n) is 2.54. The molecule has 0 bridgehead atoms. The first-order valence-electron chi connectivity index (χ1n) is 12.4. The Morgan fingerprint density at radius 2 is 0.842 bits per heavy atom. The molecule has 218 valence electrons. The third-order valence-corrected chi connectivity index (χ3v) is 3.63. The van der Waals surface area contributed by atoms with E-state index >= 15 is 0 Å². The topological polar surface area (TPSA) is 124 Å². The van der Waals surface area contributed by atoms with Crippen molar-refractivity contribution < 1.29 is 47.9 Å². The highest BCUT2D eigenvalue weighted by Crippen LogP contribution is 2.33. The lowest BCUT2D eigenvalue weighted by atomic mass is 9.85. The summed E-state index contributed by atoms with van der Waals surface area (Å²) in [5.74, 6) is -5.26. The Kier molecular flexibility index (Phi) is 11.2. The van der Waals surface area contributed by atoms with Gasteiger partial charge in [-0.25, -0.2) is 19.2 Å². The van der Waals surface area contributed by atoms with Crippen LogP contribution in [0.25, 0.3) is 0 Å². The number of carbonyl (C=O) groups is 4. The Hall–Kier alpha value is -3.04. The van der Waals surface area contributed by atoms with Crippen molar-refractivity contribution >= 4 is 23.9 Å². The largest absolute Gasteiger partial charge is 0.457 e. The number of esters is 4. The normalized spacial score (nSPS) is 14.1. The number of hydrogen-bond acceptors (Lipinski definition) is 10. The van der Waals surface area contributed by atoms with Crippen LogP contribution in [0.3, 0.4) is 0 Å². The van der Waals surface area contributed by atoms with Crippen LogP contribution in [0.15, 0.2) is 23.2 Å². The average molecular weight is 543 g/mol. The van der Waals surface area contributed by atoms with Gasteiger partial charge < -0.3 is 18.9 Å². The lowest BCUT2D eigenvalue weighted by Crippen LogP contribution is -2.34. The zero-order valence-corrected chi connectivity index (χ0v) is 25.7. The van der Waals surface area contributed by atoms with Gasteiger partial charge in [-0.3, -0.25) is 9.78 Å². The molecule has 0 atom stereocenters. The predicted octanol–water partition coefficient (Wildman–Crippen LogP) is 5.49. The Morgan fingerprint density at radius 3 is 1.21 bits per heavy atom.